The molecule has 25 heavy (non-hydrogen) atoms. The second-order valence-electron chi connectivity index (χ2n) is 6.52. The molecular weight excluding hydrogens is 312 g/mol. The fourth-order valence-corrected chi connectivity index (χ4v) is 3.30. The Morgan fingerprint density at radius 3 is 2.76 bits per heavy atom. The van der Waals surface area contributed by atoms with Gasteiger partial charge in [-0.2, -0.15) is 0 Å². The van der Waals surface area contributed by atoms with Gasteiger partial charge in [0, 0.05) is 32.4 Å². The first kappa shape index (κ1) is 16.0. The second kappa shape index (κ2) is 7.15. The third-order valence-corrected chi connectivity index (χ3v) is 4.60. The molecule has 0 atom stereocenters. The third-order valence-electron chi connectivity index (χ3n) is 4.60. The van der Waals surface area contributed by atoms with E-state index in [0.717, 1.165) is 56.7 Å². The highest BCUT2D eigenvalue weighted by molar-refractivity contribution is 6.01. The molecule has 1 aromatic carbocycles. The molecule has 0 radical (unpaired) electrons. The molecule has 1 N–H and O–H groups in total. The Bertz CT molecular complexity index is 742. The van der Waals surface area contributed by atoms with Crippen molar-refractivity contribution in [3.8, 4) is 0 Å². The third kappa shape index (κ3) is 3.61. The normalized spacial score (nSPS) is 20.2. The zero-order valence-electron chi connectivity index (χ0n) is 14.6. The fraction of sp³-hybridized carbons (Fsp3) is 0.350. The van der Waals surface area contributed by atoms with Crippen LogP contribution in [0, 0.1) is 0 Å². The number of benzene rings is 1. The standard InChI is InChI=1S/C20H24N4O/c1-16-13-18(21-14-17-5-3-2-4-6-17)20-22-19(7-8-24(20)15-16)23-9-11-25-12-10-23/h2-7,13,15,21H,8-12,14H2,1H3. The average molecular weight is 336 g/mol. The van der Waals surface area contributed by atoms with Gasteiger partial charge in [0.05, 0.1) is 18.9 Å². The van der Waals surface area contributed by atoms with E-state index in [0.29, 0.717) is 0 Å². The van der Waals surface area contributed by atoms with Gasteiger partial charge in [0.2, 0.25) is 0 Å². The van der Waals surface area contributed by atoms with E-state index in [1.807, 2.05) is 6.07 Å². The number of ether oxygens (including phenoxy) is 1. The van der Waals surface area contributed by atoms with Crippen LogP contribution in [0.2, 0.25) is 0 Å². The summed E-state index contributed by atoms with van der Waals surface area (Å²) in [7, 11) is 0. The summed E-state index contributed by atoms with van der Waals surface area (Å²) in [5.74, 6) is 2.07. The number of hydrogen-bond acceptors (Lipinski definition) is 5. The average Bonchev–Trinajstić information content (AvgIpc) is 2.67. The molecule has 1 fully saturated rings. The van der Waals surface area contributed by atoms with Gasteiger partial charge in [-0.05, 0) is 30.2 Å². The van der Waals surface area contributed by atoms with E-state index >= 15 is 0 Å². The van der Waals surface area contributed by atoms with Crippen LogP contribution in [0.5, 0.6) is 0 Å². The van der Waals surface area contributed by atoms with Gasteiger partial charge in [0.15, 0.2) is 5.84 Å². The number of fused-ring (bicyclic) bond motifs is 1. The molecule has 0 unspecified atom stereocenters. The summed E-state index contributed by atoms with van der Waals surface area (Å²) < 4.78 is 5.46. The summed E-state index contributed by atoms with van der Waals surface area (Å²) in [4.78, 5) is 9.48. The van der Waals surface area contributed by atoms with E-state index in [4.69, 9.17) is 9.73 Å². The monoisotopic (exact) mass is 336 g/mol. The van der Waals surface area contributed by atoms with Crippen LogP contribution in [0.15, 0.2) is 70.8 Å². The van der Waals surface area contributed by atoms with E-state index in [-0.39, 0.29) is 0 Å². The van der Waals surface area contributed by atoms with Gasteiger partial charge in [-0.1, -0.05) is 30.3 Å². The smallest absolute Gasteiger partial charge is 0.158 e. The van der Waals surface area contributed by atoms with Gasteiger partial charge < -0.3 is 19.9 Å². The number of nitrogens with one attached hydrogen (secondary N) is 1. The predicted octanol–water partition coefficient (Wildman–Crippen LogP) is 2.47. The van der Waals surface area contributed by atoms with E-state index in [9.17, 15) is 0 Å². The van der Waals surface area contributed by atoms with Crippen LogP contribution in [0.25, 0.3) is 0 Å². The highest BCUT2D eigenvalue weighted by Crippen LogP contribution is 2.22. The molecule has 0 aliphatic carbocycles. The van der Waals surface area contributed by atoms with E-state index in [1.165, 1.54) is 11.1 Å². The Kier molecular flexibility index (Phi) is 4.57. The van der Waals surface area contributed by atoms with Crippen molar-refractivity contribution < 1.29 is 4.74 Å². The van der Waals surface area contributed by atoms with Crippen molar-refractivity contribution in [1.29, 1.82) is 0 Å². The van der Waals surface area contributed by atoms with Crippen LogP contribution >= 0.6 is 0 Å². The minimum absolute atomic E-state index is 0.778. The fourth-order valence-electron chi connectivity index (χ4n) is 3.30. The van der Waals surface area contributed by atoms with Crippen LogP contribution < -0.4 is 5.32 Å². The minimum Gasteiger partial charge on any atom is -0.378 e. The number of nitrogens with zero attached hydrogens (tertiary/aromatic N) is 3. The Balaban J connectivity index is 1.53. The van der Waals surface area contributed by atoms with Crippen molar-refractivity contribution in [3.05, 3.63) is 71.3 Å². The summed E-state index contributed by atoms with van der Waals surface area (Å²) in [6.07, 6.45) is 6.55. The van der Waals surface area contributed by atoms with Crippen molar-refractivity contribution in [1.82, 2.24) is 15.1 Å². The molecule has 0 saturated carbocycles. The largest absolute Gasteiger partial charge is 0.378 e. The molecule has 4 rings (SSSR count). The summed E-state index contributed by atoms with van der Waals surface area (Å²) in [5.41, 5.74) is 3.59. The summed E-state index contributed by atoms with van der Waals surface area (Å²) in [6, 6.07) is 10.5. The Morgan fingerprint density at radius 1 is 1.16 bits per heavy atom. The molecule has 0 spiro atoms. The molecule has 0 bridgehead atoms. The topological polar surface area (TPSA) is 40.1 Å². The second-order valence-corrected chi connectivity index (χ2v) is 6.52. The molecule has 5 heteroatoms. The van der Waals surface area contributed by atoms with E-state index in [2.05, 4.69) is 64.7 Å². The van der Waals surface area contributed by atoms with Crippen molar-refractivity contribution in [2.24, 2.45) is 4.99 Å². The molecule has 5 nitrogen and oxygen atoms in total. The van der Waals surface area contributed by atoms with Gasteiger partial charge in [-0.3, -0.25) is 0 Å². The minimum atomic E-state index is 0.778. The molecule has 3 aliphatic heterocycles. The van der Waals surface area contributed by atoms with Gasteiger partial charge in [-0.15, -0.1) is 0 Å². The quantitative estimate of drug-likeness (QED) is 0.917. The summed E-state index contributed by atoms with van der Waals surface area (Å²) >= 11 is 0. The maximum absolute atomic E-state index is 5.46. The lowest BCUT2D eigenvalue weighted by Gasteiger charge is -2.35. The molecule has 1 aromatic rings. The number of morpholine rings is 1. The highest BCUT2D eigenvalue weighted by atomic mass is 16.5. The first-order valence-corrected chi connectivity index (χ1v) is 8.86. The zero-order valence-corrected chi connectivity index (χ0v) is 14.6. The molecule has 1 saturated heterocycles. The van der Waals surface area contributed by atoms with E-state index < -0.39 is 0 Å². The number of amidine groups is 1. The van der Waals surface area contributed by atoms with Crippen LogP contribution in [0.3, 0.4) is 0 Å². The van der Waals surface area contributed by atoms with Gasteiger partial charge >= 0.3 is 0 Å². The molecule has 0 aromatic heterocycles. The van der Waals surface area contributed by atoms with E-state index in [1.54, 1.807) is 0 Å². The number of aliphatic imine (C=N–C) groups is 1. The SMILES string of the molecule is CC1=CN2CC=C(N3CCOCC3)N=C2C(NCc2ccccc2)=C1. The summed E-state index contributed by atoms with van der Waals surface area (Å²) in [5, 5.41) is 3.57. The number of rotatable bonds is 4. The lowest BCUT2D eigenvalue weighted by Crippen LogP contribution is -2.41. The van der Waals surface area contributed by atoms with Crippen molar-refractivity contribution >= 4 is 5.84 Å². The van der Waals surface area contributed by atoms with Crippen molar-refractivity contribution in [2.45, 2.75) is 13.5 Å². The van der Waals surface area contributed by atoms with Gasteiger partial charge in [0.1, 0.15) is 5.82 Å². The van der Waals surface area contributed by atoms with Crippen LogP contribution in [0.1, 0.15) is 12.5 Å². The highest BCUT2D eigenvalue weighted by Gasteiger charge is 2.24. The van der Waals surface area contributed by atoms with Crippen molar-refractivity contribution in [3.63, 3.8) is 0 Å². The Labute approximate surface area is 149 Å². The zero-order chi connectivity index (χ0) is 17.1. The van der Waals surface area contributed by atoms with Crippen LogP contribution in [-0.2, 0) is 11.3 Å². The van der Waals surface area contributed by atoms with Crippen LogP contribution in [0.4, 0.5) is 0 Å². The lowest BCUT2D eigenvalue weighted by atomic mass is 10.1. The number of allylic oxidation sites excluding steroid dienone is 2. The molecular formula is C20H24N4O. The maximum atomic E-state index is 5.46. The molecule has 130 valence electrons. The lowest BCUT2D eigenvalue weighted by molar-refractivity contribution is 0.0527. The van der Waals surface area contributed by atoms with Gasteiger partial charge in [-0.25, -0.2) is 4.99 Å². The molecule has 3 heterocycles. The first-order valence-electron chi connectivity index (χ1n) is 8.86. The molecule has 3 aliphatic rings. The molecule has 0 amide bonds. The predicted molar refractivity (Wildman–Crippen MR) is 99.7 cm³/mol. The first-order chi connectivity index (χ1) is 12.3. The number of hydrogen-bond donors (Lipinski definition) is 1. The Hall–Kier alpha value is -2.53. The van der Waals surface area contributed by atoms with Gasteiger partial charge in [0.25, 0.3) is 0 Å². The maximum Gasteiger partial charge on any atom is 0.158 e. The summed E-state index contributed by atoms with van der Waals surface area (Å²) in [6.45, 7) is 7.15. The van der Waals surface area contributed by atoms with Crippen LogP contribution in [-0.4, -0.2) is 48.5 Å². The Morgan fingerprint density at radius 2 is 1.96 bits per heavy atom. The van der Waals surface area contributed by atoms with Crippen molar-refractivity contribution in [2.75, 3.05) is 32.8 Å².